The Morgan fingerprint density at radius 2 is 1.83 bits per heavy atom. The van der Waals surface area contributed by atoms with Crippen molar-refractivity contribution in [1.82, 2.24) is 4.90 Å². The third kappa shape index (κ3) is 4.72. The van der Waals surface area contributed by atoms with Crippen LogP contribution in [0.15, 0.2) is 66.4 Å². The lowest BCUT2D eigenvalue weighted by molar-refractivity contribution is -0.112. The van der Waals surface area contributed by atoms with Crippen LogP contribution in [0.3, 0.4) is 0 Å². The number of benzene rings is 2. The number of carbonyl (C=O) groups is 1. The Balaban J connectivity index is 2.07. The number of nitrogens with one attached hydrogen (secondary N) is 1. The molecule has 0 bridgehead atoms. The van der Waals surface area contributed by atoms with Crippen molar-refractivity contribution in [3.63, 3.8) is 0 Å². The van der Waals surface area contributed by atoms with E-state index in [-0.39, 0.29) is 5.57 Å². The second-order valence-corrected chi connectivity index (χ2v) is 5.32. The summed E-state index contributed by atoms with van der Waals surface area (Å²) >= 11 is 0. The number of nitrogens with zero attached hydrogens (tertiary/aromatic N) is 2. The summed E-state index contributed by atoms with van der Waals surface area (Å²) in [5.41, 5.74) is 2.86. The first-order valence-electron chi connectivity index (χ1n) is 7.33. The second-order valence-electron chi connectivity index (χ2n) is 5.32. The topological polar surface area (TPSA) is 56.1 Å². The minimum atomic E-state index is -0.401. The van der Waals surface area contributed by atoms with Gasteiger partial charge in [0.15, 0.2) is 0 Å². The van der Waals surface area contributed by atoms with Crippen LogP contribution < -0.4 is 5.32 Å². The molecule has 1 N–H and O–H groups in total. The van der Waals surface area contributed by atoms with Gasteiger partial charge in [0.1, 0.15) is 11.6 Å². The highest BCUT2D eigenvalue weighted by Gasteiger charge is 2.11. The molecular weight excluding hydrogens is 286 g/mol. The standard InChI is InChI=1S/C19H19N3O/c1-15-8-6-7-11-18(15)21-19(23)17(12-20)14-22(2)13-16-9-4-3-5-10-16/h3-11,14H,13H2,1-2H3,(H,21,23)/b17-14-. The number of anilines is 1. The maximum atomic E-state index is 12.3. The van der Waals surface area contributed by atoms with Gasteiger partial charge in [0, 0.05) is 25.5 Å². The van der Waals surface area contributed by atoms with Gasteiger partial charge in [-0.05, 0) is 24.1 Å². The summed E-state index contributed by atoms with van der Waals surface area (Å²) < 4.78 is 0. The van der Waals surface area contributed by atoms with Crippen LogP contribution in [-0.2, 0) is 11.3 Å². The van der Waals surface area contributed by atoms with E-state index < -0.39 is 5.91 Å². The molecule has 0 radical (unpaired) electrons. The van der Waals surface area contributed by atoms with Crippen molar-refractivity contribution in [3.8, 4) is 6.07 Å². The summed E-state index contributed by atoms with van der Waals surface area (Å²) in [5, 5.41) is 12.0. The summed E-state index contributed by atoms with van der Waals surface area (Å²) in [7, 11) is 1.84. The van der Waals surface area contributed by atoms with E-state index in [0.29, 0.717) is 12.2 Å². The minimum absolute atomic E-state index is 0.0756. The van der Waals surface area contributed by atoms with Gasteiger partial charge in [0.25, 0.3) is 5.91 Å². The Hall–Kier alpha value is -3.06. The summed E-state index contributed by atoms with van der Waals surface area (Å²) in [6.45, 7) is 2.54. The summed E-state index contributed by atoms with van der Waals surface area (Å²) in [6.07, 6.45) is 1.57. The monoisotopic (exact) mass is 305 g/mol. The number of carbonyl (C=O) groups excluding carboxylic acids is 1. The SMILES string of the molecule is Cc1ccccc1NC(=O)/C(C#N)=C\N(C)Cc1ccccc1. The minimum Gasteiger partial charge on any atom is -0.375 e. The van der Waals surface area contributed by atoms with Crippen LogP contribution in [0.25, 0.3) is 0 Å². The molecule has 0 saturated heterocycles. The molecule has 4 nitrogen and oxygen atoms in total. The van der Waals surface area contributed by atoms with Crippen LogP contribution in [0, 0.1) is 18.3 Å². The fraction of sp³-hybridized carbons (Fsp3) is 0.158. The van der Waals surface area contributed by atoms with Crippen LogP contribution in [0.4, 0.5) is 5.69 Å². The molecule has 0 aliphatic heterocycles. The smallest absolute Gasteiger partial charge is 0.267 e. The molecule has 2 aromatic rings. The zero-order valence-electron chi connectivity index (χ0n) is 13.3. The fourth-order valence-corrected chi connectivity index (χ4v) is 2.18. The molecule has 0 aromatic heterocycles. The van der Waals surface area contributed by atoms with Gasteiger partial charge in [0.2, 0.25) is 0 Å². The number of para-hydroxylation sites is 1. The maximum Gasteiger partial charge on any atom is 0.267 e. The molecule has 116 valence electrons. The Morgan fingerprint density at radius 3 is 2.48 bits per heavy atom. The number of aryl methyl sites for hydroxylation is 1. The molecule has 0 aliphatic carbocycles. The maximum absolute atomic E-state index is 12.3. The number of rotatable bonds is 5. The van der Waals surface area contributed by atoms with Crippen LogP contribution in [-0.4, -0.2) is 17.9 Å². The zero-order valence-corrected chi connectivity index (χ0v) is 13.3. The van der Waals surface area contributed by atoms with E-state index in [2.05, 4.69) is 5.32 Å². The highest BCUT2D eigenvalue weighted by molar-refractivity contribution is 6.06. The van der Waals surface area contributed by atoms with Crippen molar-refractivity contribution in [2.75, 3.05) is 12.4 Å². The quantitative estimate of drug-likeness (QED) is 0.679. The molecule has 4 heteroatoms. The Bertz CT molecular complexity index is 745. The van der Waals surface area contributed by atoms with Gasteiger partial charge in [-0.15, -0.1) is 0 Å². The molecule has 0 saturated carbocycles. The Morgan fingerprint density at radius 1 is 1.17 bits per heavy atom. The first-order chi connectivity index (χ1) is 11.1. The number of hydrogen-bond acceptors (Lipinski definition) is 3. The molecule has 0 heterocycles. The number of amides is 1. The van der Waals surface area contributed by atoms with E-state index in [0.717, 1.165) is 11.1 Å². The lowest BCUT2D eigenvalue weighted by Gasteiger charge is -2.15. The average Bonchev–Trinajstić information content (AvgIpc) is 2.55. The first kappa shape index (κ1) is 16.3. The molecule has 0 unspecified atom stereocenters. The Labute approximate surface area is 136 Å². The third-order valence-corrected chi connectivity index (χ3v) is 3.38. The van der Waals surface area contributed by atoms with E-state index >= 15 is 0 Å². The Kier molecular flexibility index (Phi) is 5.54. The van der Waals surface area contributed by atoms with E-state index in [4.69, 9.17) is 0 Å². The molecule has 23 heavy (non-hydrogen) atoms. The molecule has 0 aliphatic rings. The van der Waals surface area contributed by atoms with Crippen molar-refractivity contribution in [2.45, 2.75) is 13.5 Å². The van der Waals surface area contributed by atoms with E-state index in [1.165, 1.54) is 0 Å². The van der Waals surface area contributed by atoms with Crippen molar-refractivity contribution in [2.24, 2.45) is 0 Å². The van der Waals surface area contributed by atoms with E-state index in [1.54, 1.807) is 6.20 Å². The van der Waals surface area contributed by atoms with Crippen molar-refractivity contribution >= 4 is 11.6 Å². The van der Waals surface area contributed by atoms with Crippen LogP contribution in [0.1, 0.15) is 11.1 Å². The van der Waals surface area contributed by atoms with Gasteiger partial charge in [0.05, 0.1) is 0 Å². The van der Waals surface area contributed by atoms with Crippen LogP contribution in [0.2, 0.25) is 0 Å². The second kappa shape index (κ2) is 7.81. The van der Waals surface area contributed by atoms with Gasteiger partial charge >= 0.3 is 0 Å². The lowest BCUT2D eigenvalue weighted by atomic mass is 10.2. The van der Waals surface area contributed by atoms with Crippen molar-refractivity contribution < 1.29 is 4.79 Å². The van der Waals surface area contributed by atoms with Gasteiger partial charge in [-0.2, -0.15) is 5.26 Å². The first-order valence-corrected chi connectivity index (χ1v) is 7.33. The number of nitriles is 1. The molecule has 1 amide bonds. The van der Waals surface area contributed by atoms with E-state index in [9.17, 15) is 10.1 Å². The summed E-state index contributed by atoms with van der Waals surface area (Å²) in [4.78, 5) is 14.1. The van der Waals surface area contributed by atoms with Gasteiger partial charge in [-0.25, -0.2) is 0 Å². The van der Waals surface area contributed by atoms with Crippen LogP contribution >= 0.6 is 0 Å². The third-order valence-electron chi connectivity index (χ3n) is 3.38. The predicted molar refractivity (Wildman–Crippen MR) is 91.4 cm³/mol. The van der Waals surface area contributed by atoms with Gasteiger partial charge in [-0.3, -0.25) is 4.79 Å². The molecule has 2 aromatic carbocycles. The average molecular weight is 305 g/mol. The largest absolute Gasteiger partial charge is 0.375 e. The normalized spacial score (nSPS) is 10.7. The predicted octanol–water partition coefficient (Wildman–Crippen LogP) is 3.47. The highest BCUT2D eigenvalue weighted by Crippen LogP contribution is 2.14. The van der Waals surface area contributed by atoms with Gasteiger partial charge < -0.3 is 10.2 Å². The molecule has 0 spiro atoms. The number of hydrogen-bond donors (Lipinski definition) is 1. The molecule has 0 atom stereocenters. The molecular formula is C19H19N3O. The summed E-state index contributed by atoms with van der Waals surface area (Å²) in [5.74, 6) is -0.401. The van der Waals surface area contributed by atoms with Crippen molar-refractivity contribution in [3.05, 3.63) is 77.5 Å². The van der Waals surface area contributed by atoms with Crippen molar-refractivity contribution in [1.29, 1.82) is 5.26 Å². The molecule has 0 fully saturated rings. The fourth-order valence-electron chi connectivity index (χ4n) is 2.18. The van der Waals surface area contributed by atoms with Gasteiger partial charge in [-0.1, -0.05) is 48.5 Å². The highest BCUT2D eigenvalue weighted by atomic mass is 16.1. The van der Waals surface area contributed by atoms with Crippen LogP contribution in [0.5, 0.6) is 0 Å². The lowest BCUT2D eigenvalue weighted by Crippen LogP contribution is -2.18. The molecule has 2 rings (SSSR count). The van der Waals surface area contributed by atoms with E-state index in [1.807, 2.05) is 79.5 Å². The summed E-state index contributed by atoms with van der Waals surface area (Å²) in [6, 6.07) is 19.3. The zero-order chi connectivity index (χ0) is 16.7.